The van der Waals surface area contributed by atoms with Gasteiger partial charge >= 0.3 is 0 Å². The lowest BCUT2D eigenvalue weighted by Crippen LogP contribution is -2.23. The van der Waals surface area contributed by atoms with Gasteiger partial charge in [0, 0.05) is 16.1 Å². The topological polar surface area (TPSA) is 12.0 Å². The number of hydrogen-bond donors (Lipinski definition) is 1. The van der Waals surface area contributed by atoms with Crippen LogP contribution in [0.15, 0.2) is 18.2 Å². The van der Waals surface area contributed by atoms with Crippen molar-refractivity contribution in [3.63, 3.8) is 0 Å². The minimum Gasteiger partial charge on any atom is -0.313 e. The molecule has 1 N–H and O–H groups in total. The van der Waals surface area contributed by atoms with Gasteiger partial charge in [-0.3, -0.25) is 0 Å². The first-order valence-corrected chi connectivity index (χ1v) is 6.60. The molecule has 1 aromatic rings. The van der Waals surface area contributed by atoms with Gasteiger partial charge in [-0.15, -0.1) is 0 Å². The molecule has 0 aliphatic heterocycles. The zero-order valence-electron chi connectivity index (χ0n) is 9.47. The first-order chi connectivity index (χ1) is 7.72. The summed E-state index contributed by atoms with van der Waals surface area (Å²) < 4.78 is 0. The Morgan fingerprint density at radius 2 is 1.94 bits per heavy atom. The van der Waals surface area contributed by atoms with Crippen LogP contribution in [0, 0.1) is 5.92 Å². The summed E-state index contributed by atoms with van der Waals surface area (Å²) in [5, 5.41) is 4.87. The summed E-state index contributed by atoms with van der Waals surface area (Å²) in [7, 11) is 2.01. The number of hydrogen-bond acceptors (Lipinski definition) is 1. The van der Waals surface area contributed by atoms with E-state index in [0.29, 0.717) is 17.0 Å². The lowest BCUT2D eigenvalue weighted by atomic mass is 9.92. The van der Waals surface area contributed by atoms with Gasteiger partial charge in [0.15, 0.2) is 0 Å². The maximum Gasteiger partial charge on any atom is 0.0468 e. The number of nitrogens with one attached hydrogen (secondary N) is 1. The Kier molecular flexibility index (Phi) is 4.12. The minimum absolute atomic E-state index is 0.368. The van der Waals surface area contributed by atoms with Crippen molar-refractivity contribution in [2.45, 2.75) is 31.7 Å². The van der Waals surface area contributed by atoms with Crippen LogP contribution in [-0.2, 0) is 0 Å². The molecule has 3 heteroatoms. The molecule has 0 bridgehead atoms. The van der Waals surface area contributed by atoms with Crippen LogP contribution in [0.25, 0.3) is 0 Å². The average molecular weight is 258 g/mol. The van der Waals surface area contributed by atoms with Crippen molar-refractivity contribution in [3.05, 3.63) is 33.8 Å². The Labute approximate surface area is 107 Å². The van der Waals surface area contributed by atoms with Crippen molar-refractivity contribution in [3.8, 4) is 0 Å². The quantitative estimate of drug-likeness (QED) is 0.844. The van der Waals surface area contributed by atoms with Gasteiger partial charge in [-0.1, -0.05) is 42.1 Å². The highest BCUT2D eigenvalue weighted by Crippen LogP contribution is 2.38. The van der Waals surface area contributed by atoms with Gasteiger partial charge in [0.2, 0.25) is 0 Å². The molecule has 0 amide bonds. The van der Waals surface area contributed by atoms with Crippen molar-refractivity contribution >= 4 is 23.2 Å². The lowest BCUT2D eigenvalue weighted by molar-refractivity contribution is 0.390. The third-order valence-electron chi connectivity index (χ3n) is 3.48. The van der Waals surface area contributed by atoms with E-state index in [4.69, 9.17) is 23.2 Å². The van der Waals surface area contributed by atoms with Gasteiger partial charge in [0.1, 0.15) is 0 Å². The van der Waals surface area contributed by atoms with Gasteiger partial charge in [0.05, 0.1) is 0 Å². The van der Waals surface area contributed by atoms with Crippen LogP contribution >= 0.6 is 23.2 Å². The molecule has 2 rings (SSSR count). The Morgan fingerprint density at radius 1 is 1.25 bits per heavy atom. The molecule has 0 saturated heterocycles. The maximum atomic E-state index is 6.26. The van der Waals surface area contributed by atoms with E-state index in [2.05, 4.69) is 5.32 Å². The average Bonchev–Trinajstić information content (AvgIpc) is 2.75. The van der Waals surface area contributed by atoms with Crippen molar-refractivity contribution in [2.75, 3.05) is 7.05 Å². The fourth-order valence-electron chi connectivity index (χ4n) is 2.69. The molecule has 1 unspecified atom stereocenters. The maximum absolute atomic E-state index is 6.26. The summed E-state index contributed by atoms with van der Waals surface area (Å²) in [6.07, 6.45) is 5.27. The van der Waals surface area contributed by atoms with E-state index in [-0.39, 0.29) is 0 Å². The minimum atomic E-state index is 0.368. The molecule has 0 heterocycles. The van der Waals surface area contributed by atoms with Gasteiger partial charge < -0.3 is 5.32 Å². The van der Waals surface area contributed by atoms with Crippen LogP contribution < -0.4 is 5.32 Å². The number of rotatable bonds is 3. The monoisotopic (exact) mass is 257 g/mol. The van der Waals surface area contributed by atoms with Crippen LogP contribution in [0.1, 0.15) is 37.3 Å². The fraction of sp³-hybridized carbons (Fsp3) is 0.538. The molecule has 1 saturated carbocycles. The molecule has 1 fully saturated rings. The second-order valence-electron chi connectivity index (χ2n) is 4.48. The Balaban J connectivity index is 2.25. The second-order valence-corrected chi connectivity index (χ2v) is 5.32. The van der Waals surface area contributed by atoms with E-state index in [9.17, 15) is 0 Å². The third-order valence-corrected chi connectivity index (χ3v) is 4.04. The van der Waals surface area contributed by atoms with E-state index < -0.39 is 0 Å². The molecule has 0 radical (unpaired) electrons. The Hall–Kier alpha value is -0.240. The summed E-state index contributed by atoms with van der Waals surface area (Å²) in [5.41, 5.74) is 1.18. The van der Waals surface area contributed by atoms with E-state index >= 15 is 0 Å². The standard InChI is InChI=1S/C13H17Cl2N/c1-16-13(9-4-2-3-5-9)11-7-6-10(14)8-12(11)15/h6-9,13,16H,2-5H2,1H3. The molecule has 1 aliphatic rings. The van der Waals surface area contributed by atoms with Gasteiger partial charge in [-0.25, -0.2) is 0 Å². The molecule has 16 heavy (non-hydrogen) atoms. The molecule has 1 aromatic carbocycles. The van der Waals surface area contributed by atoms with Crippen molar-refractivity contribution < 1.29 is 0 Å². The SMILES string of the molecule is CNC(c1ccc(Cl)cc1Cl)C1CCCC1. The summed E-state index contributed by atoms with van der Waals surface area (Å²) in [6.45, 7) is 0. The highest BCUT2D eigenvalue weighted by molar-refractivity contribution is 6.35. The summed E-state index contributed by atoms with van der Waals surface area (Å²) in [6, 6.07) is 6.16. The highest BCUT2D eigenvalue weighted by atomic mass is 35.5. The van der Waals surface area contributed by atoms with Gasteiger partial charge in [-0.05, 0) is 43.5 Å². The smallest absolute Gasteiger partial charge is 0.0468 e. The molecule has 1 nitrogen and oxygen atoms in total. The number of halogens is 2. The third kappa shape index (κ3) is 2.53. The zero-order chi connectivity index (χ0) is 11.5. The first kappa shape index (κ1) is 12.2. The zero-order valence-corrected chi connectivity index (χ0v) is 11.0. The van der Waals surface area contributed by atoms with Gasteiger partial charge in [0.25, 0.3) is 0 Å². The van der Waals surface area contributed by atoms with Crippen LogP contribution in [0.4, 0.5) is 0 Å². The van der Waals surface area contributed by atoms with Crippen molar-refractivity contribution in [2.24, 2.45) is 5.92 Å². The van der Waals surface area contributed by atoms with Crippen molar-refractivity contribution in [1.82, 2.24) is 5.32 Å². The molecule has 1 atom stereocenters. The molecular weight excluding hydrogens is 241 g/mol. The number of benzene rings is 1. The van der Waals surface area contributed by atoms with E-state index in [1.807, 2.05) is 25.2 Å². The molecule has 0 spiro atoms. The Bertz CT molecular complexity index is 359. The van der Waals surface area contributed by atoms with Crippen molar-refractivity contribution in [1.29, 1.82) is 0 Å². The normalized spacial score (nSPS) is 18.9. The summed E-state index contributed by atoms with van der Waals surface area (Å²) in [5.74, 6) is 0.712. The molecule has 88 valence electrons. The largest absolute Gasteiger partial charge is 0.313 e. The van der Waals surface area contributed by atoms with Crippen LogP contribution in [-0.4, -0.2) is 7.05 Å². The van der Waals surface area contributed by atoms with Crippen LogP contribution in [0.5, 0.6) is 0 Å². The highest BCUT2D eigenvalue weighted by Gasteiger charge is 2.26. The second kappa shape index (κ2) is 5.39. The van der Waals surface area contributed by atoms with Crippen LogP contribution in [0.2, 0.25) is 10.0 Å². The summed E-state index contributed by atoms with van der Waals surface area (Å²) in [4.78, 5) is 0. The predicted molar refractivity (Wildman–Crippen MR) is 70.2 cm³/mol. The van der Waals surface area contributed by atoms with E-state index in [1.165, 1.54) is 31.2 Å². The molecular formula is C13H17Cl2N. The molecule has 1 aliphatic carbocycles. The lowest BCUT2D eigenvalue weighted by Gasteiger charge is -2.24. The summed E-state index contributed by atoms with van der Waals surface area (Å²) >= 11 is 12.2. The van der Waals surface area contributed by atoms with E-state index in [0.717, 1.165) is 5.02 Å². The van der Waals surface area contributed by atoms with Gasteiger partial charge in [-0.2, -0.15) is 0 Å². The van der Waals surface area contributed by atoms with E-state index in [1.54, 1.807) is 0 Å². The molecule has 0 aromatic heterocycles. The Morgan fingerprint density at radius 3 is 2.50 bits per heavy atom. The predicted octanol–water partition coefficient (Wildman–Crippen LogP) is 4.44. The van der Waals surface area contributed by atoms with Crippen LogP contribution in [0.3, 0.4) is 0 Å². The fourth-order valence-corrected chi connectivity index (χ4v) is 3.22. The first-order valence-electron chi connectivity index (χ1n) is 5.84.